The Morgan fingerprint density at radius 1 is 1.28 bits per heavy atom. The summed E-state index contributed by atoms with van der Waals surface area (Å²) >= 11 is 3.29. The molecule has 1 atom stereocenters. The molecule has 25 heavy (non-hydrogen) atoms. The van der Waals surface area contributed by atoms with Gasteiger partial charge in [-0.15, -0.1) is 0 Å². The topological polar surface area (TPSA) is 81.4 Å². The number of hydrogen-bond acceptors (Lipinski definition) is 4. The van der Waals surface area contributed by atoms with E-state index in [-0.39, 0.29) is 12.8 Å². The van der Waals surface area contributed by atoms with E-state index < -0.39 is 29.1 Å². The lowest BCUT2D eigenvalue weighted by Crippen LogP contribution is -2.33. The number of benzene rings is 1. The minimum Gasteiger partial charge on any atom is -0.460 e. The Hall–Kier alpha value is -1.63. The van der Waals surface area contributed by atoms with E-state index in [1.54, 1.807) is 39.0 Å². The Labute approximate surface area is 156 Å². The third kappa shape index (κ3) is 8.34. The number of carbonyl (C=O) groups is 2. The second-order valence-electron chi connectivity index (χ2n) is 7.63. The van der Waals surface area contributed by atoms with Crippen LogP contribution in [-0.2, 0) is 14.3 Å². The first-order valence-corrected chi connectivity index (χ1v) is 8.83. The van der Waals surface area contributed by atoms with Gasteiger partial charge in [0.2, 0.25) is 5.91 Å². The molecule has 0 spiro atoms. The van der Waals surface area contributed by atoms with Crippen LogP contribution in [0.3, 0.4) is 0 Å². The van der Waals surface area contributed by atoms with E-state index in [0.29, 0.717) is 11.4 Å². The third-order valence-corrected chi connectivity index (χ3v) is 3.70. The fourth-order valence-electron chi connectivity index (χ4n) is 2.31. The van der Waals surface area contributed by atoms with Gasteiger partial charge in [-0.1, -0.05) is 15.9 Å². The first kappa shape index (κ1) is 21.4. The summed E-state index contributed by atoms with van der Waals surface area (Å²) in [6.45, 7) is 7.96. The van der Waals surface area contributed by atoms with Gasteiger partial charge in [-0.2, -0.15) is 0 Å². The zero-order valence-corrected chi connectivity index (χ0v) is 16.9. The van der Waals surface area contributed by atoms with Crippen LogP contribution in [0.4, 0.5) is 15.8 Å². The monoisotopic (exact) mass is 416 g/mol. The number of alkyl halides is 1. The van der Waals surface area contributed by atoms with E-state index >= 15 is 0 Å². The maximum absolute atomic E-state index is 14.1. The van der Waals surface area contributed by atoms with Gasteiger partial charge in [0, 0.05) is 4.47 Å². The van der Waals surface area contributed by atoms with Crippen molar-refractivity contribution in [3.8, 4) is 0 Å². The van der Waals surface area contributed by atoms with Crippen molar-refractivity contribution >= 4 is 39.2 Å². The first-order chi connectivity index (χ1) is 11.3. The molecule has 1 aromatic carbocycles. The average Bonchev–Trinajstić information content (AvgIpc) is 2.37. The Balaban J connectivity index is 2.90. The molecule has 0 aliphatic carbocycles. The van der Waals surface area contributed by atoms with E-state index in [1.807, 2.05) is 0 Å². The molecule has 1 amide bonds. The van der Waals surface area contributed by atoms with E-state index in [1.165, 1.54) is 13.8 Å². The second-order valence-corrected chi connectivity index (χ2v) is 8.55. The number of carbonyl (C=O) groups excluding carboxylic acids is 2. The van der Waals surface area contributed by atoms with Gasteiger partial charge >= 0.3 is 5.97 Å². The molecule has 1 rings (SSSR count). The SMILES string of the molecule is CC(C)(F)CC(CC(=O)OC(C)(C)C)C(=O)Nc1ccc(Br)cc1N. The number of nitrogens with one attached hydrogen (secondary N) is 1. The molecule has 5 nitrogen and oxygen atoms in total. The van der Waals surface area contributed by atoms with Gasteiger partial charge in [-0.25, -0.2) is 4.39 Å². The summed E-state index contributed by atoms with van der Waals surface area (Å²) in [7, 11) is 0. The van der Waals surface area contributed by atoms with Crippen LogP contribution in [0.1, 0.15) is 47.5 Å². The van der Waals surface area contributed by atoms with Crippen molar-refractivity contribution in [1.82, 2.24) is 0 Å². The van der Waals surface area contributed by atoms with Gasteiger partial charge in [-0.3, -0.25) is 9.59 Å². The predicted molar refractivity (Wildman–Crippen MR) is 101 cm³/mol. The zero-order chi connectivity index (χ0) is 19.4. The number of rotatable bonds is 6. The second kappa shape index (κ2) is 8.17. The number of esters is 1. The Kier molecular flexibility index (Phi) is 6.99. The van der Waals surface area contributed by atoms with Crippen LogP contribution in [-0.4, -0.2) is 23.1 Å². The van der Waals surface area contributed by atoms with Gasteiger partial charge in [0.05, 0.1) is 23.7 Å². The molecule has 1 aromatic rings. The van der Waals surface area contributed by atoms with E-state index in [2.05, 4.69) is 21.2 Å². The van der Waals surface area contributed by atoms with Crippen molar-refractivity contribution < 1.29 is 18.7 Å². The predicted octanol–water partition coefficient (Wildman–Crippen LogP) is 4.46. The molecule has 7 heteroatoms. The lowest BCUT2D eigenvalue weighted by atomic mass is 9.91. The van der Waals surface area contributed by atoms with E-state index in [4.69, 9.17) is 10.5 Å². The molecule has 140 valence electrons. The quantitative estimate of drug-likeness (QED) is 0.529. The molecule has 0 fully saturated rings. The van der Waals surface area contributed by atoms with Crippen molar-refractivity contribution in [2.75, 3.05) is 11.1 Å². The molecular formula is C18H26BrFN2O3. The normalized spacial score (nSPS) is 13.2. The summed E-state index contributed by atoms with van der Waals surface area (Å²) in [4.78, 5) is 24.6. The lowest BCUT2D eigenvalue weighted by Gasteiger charge is -2.25. The molecule has 0 saturated carbocycles. The van der Waals surface area contributed by atoms with Crippen LogP contribution in [0.25, 0.3) is 0 Å². The van der Waals surface area contributed by atoms with E-state index in [0.717, 1.165) is 4.47 Å². The highest BCUT2D eigenvalue weighted by molar-refractivity contribution is 9.10. The number of amides is 1. The maximum atomic E-state index is 14.1. The number of nitrogens with two attached hydrogens (primary N) is 1. The van der Waals surface area contributed by atoms with Crippen LogP contribution in [0.5, 0.6) is 0 Å². The molecule has 0 saturated heterocycles. The summed E-state index contributed by atoms with van der Waals surface area (Å²) < 4.78 is 20.1. The number of anilines is 2. The summed E-state index contributed by atoms with van der Waals surface area (Å²) in [6, 6.07) is 5.02. The minimum atomic E-state index is -1.60. The minimum absolute atomic E-state index is 0.103. The highest BCUT2D eigenvalue weighted by atomic mass is 79.9. The van der Waals surface area contributed by atoms with E-state index in [9.17, 15) is 14.0 Å². The molecule has 0 aliphatic heterocycles. The largest absolute Gasteiger partial charge is 0.460 e. The molecule has 1 unspecified atom stereocenters. The first-order valence-electron chi connectivity index (χ1n) is 8.03. The number of hydrogen-bond donors (Lipinski definition) is 2. The van der Waals surface area contributed by atoms with Crippen molar-refractivity contribution in [1.29, 1.82) is 0 Å². The number of halogens is 2. The Bertz CT molecular complexity index is 636. The maximum Gasteiger partial charge on any atom is 0.307 e. The van der Waals surface area contributed by atoms with Crippen molar-refractivity contribution in [3.05, 3.63) is 22.7 Å². The van der Waals surface area contributed by atoms with Crippen LogP contribution in [0.2, 0.25) is 0 Å². The summed E-state index contributed by atoms with van der Waals surface area (Å²) in [6.07, 6.45) is -0.304. The number of ether oxygens (including phenoxy) is 1. The van der Waals surface area contributed by atoms with Gasteiger partial charge in [0.15, 0.2) is 0 Å². The lowest BCUT2D eigenvalue weighted by molar-refractivity contribution is -0.157. The van der Waals surface area contributed by atoms with Gasteiger partial charge in [0.25, 0.3) is 0 Å². The summed E-state index contributed by atoms with van der Waals surface area (Å²) in [5.41, 5.74) is 4.39. The highest BCUT2D eigenvalue weighted by Crippen LogP contribution is 2.28. The average molecular weight is 417 g/mol. The molecule has 3 N–H and O–H groups in total. The van der Waals surface area contributed by atoms with Gasteiger partial charge in [-0.05, 0) is 59.2 Å². The van der Waals surface area contributed by atoms with Crippen LogP contribution in [0, 0.1) is 5.92 Å². The van der Waals surface area contributed by atoms with Crippen molar-refractivity contribution in [2.24, 2.45) is 5.92 Å². The molecule has 0 radical (unpaired) electrons. The number of nitrogen functional groups attached to an aromatic ring is 1. The smallest absolute Gasteiger partial charge is 0.307 e. The molecule has 0 aliphatic rings. The van der Waals surface area contributed by atoms with Gasteiger partial charge < -0.3 is 15.8 Å². The summed E-state index contributed by atoms with van der Waals surface area (Å²) in [5, 5.41) is 2.67. The molecular weight excluding hydrogens is 391 g/mol. The van der Waals surface area contributed by atoms with Gasteiger partial charge in [0.1, 0.15) is 11.3 Å². The third-order valence-electron chi connectivity index (χ3n) is 3.21. The molecule has 0 bridgehead atoms. The van der Waals surface area contributed by atoms with Crippen molar-refractivity contribution in [2.45, 2.75) is 58.7 Å². The fourth-order valence-corrected chi connectivity index (χ4v) is 2.69. The molecule has 0 aromatic heterocycles. The van der Waals surface area contributed by atoms with Crippen molar-refractivity contribution in [3.63, 3.8) is 0 Å². The van der Waals surface area contributed by atoms with Crippen LogP contribution >= 0.6 is 15.9 Å². The van der Waals surface area contributed by atoms with Crippen LogP contribution in [0.15, 0.2) is 22.7 Å². The zero-order valence-electron chi connectivity index (χ0n) is 15.3. The van der Waals surface area contributed by atoms with Crippen LogP contribution < -0.4 is 11.1 Å². The molecule has 0 heterocycles. The standard InChI is InChI=1S/C18H26BrFN2O3/c1-17(2,3)25-15(23)8-11(10-18(4,5)20)16(24)22-14-7-6-12(19)9-13(14)21/h6-7,9,11H,8,10,21H2,1-5H3,(H,22,24). The Morgan fingerprint density at radius 2 is 1.88 bits per heavy atom. The highest BCUT2D eigenvalue weighted by Gasteiger charge is 2.31. The summed E-state index contributed by atoms with van der Waals surface area (Å²) in [5.74, 6) is -1.87. The Morgan fingerprint density at radius 3 is 2.36 bits per heavy atom. The fraction of sp³-hybridized carbons (Fsp3) is 0.556.